The van der Waals surface area contributed by atoms with Gasteiger partial charge in [-0.25, -0.2) is 4.39 Å². The minimum atomic E-state index is -0.705. The normalized spacial score (nSPS) is 11.4. The summed E-state index contributed by atoms with van der Waals surface area (Å²) in [6, 6.07) is 3.54. The summed E-state index contributed by atoms with van der Waals surface area (Å²) < 4.78 is 13.5. The highest BCUT2D eigenvalue weighted by Crippen LogP contribution is 2.20. The largest absolute Gasteiger partial charge is 0.508 e. The third kappa shape index (κ3) is 4.23. The minimum Gasteiger partial charge on any atom is -0.508 e. The van der Waals surface area contributed by atoms with Gasteiger partial charge in [-0.2, -0.15) is 0 Å². The lowest BCUT2D eigenvalue weighted by atomic mass is 9.85. The van der Waals surface area contributed by atoms with Crippen LogP contribution in [-0.4, -0.2) is 17.6 Å². The molecule has 0 bridgehead atoms. The topological polar surface area (TPSA) is 49.3 Å². The maximum absolute atomic E-state index is 13.5. The SMILES string of the molecule is CC(C)C(CNC(=O)c1ccc(O)cc1F)C(C)C. The zero-order valence-corrected chi connectivity index (χ0v) is 11.9. The fourth-order valence-electron chi connectivity index (χ4n) is 2.24. The fourth-order valence-corrected chi connectivity index (χ4v) is 2.24. The molecule has 0 aliphatic carbocycles. The molecule has 0 aromatic heterocycles. The molecule has 3 nitrogen and oxygen atoms in total. The highest BCUT2D eigenvalue weighted by molar-refractivity contribution is 5.94. The number of nitrogens with one attached hydrogen (secondary N) is 1. The Morgan fingerprint density at radius 1 is 1.26 bits per heavy atom. The Morgan fingerprint density at radius 2 is 1.84 bits per heavy atom. The smallest absolute Gasteiger partial charge is 0.254 e. The number of carbonyl (C=O) groups is 1. The number of hydrogen-bond acceptors (Lipinski definition) is 2. The quantitative estimate of drug-likeness (QED) is 0.860. The average molecular weight is 267 g/mol. The number of phenols is 1. The highest BCUT2D eigenvalue weighted by Gasteiger charge is 2.19. The molecule has 2 N–H and O–H groups in total. The van der Waals surface area contributed by atoms with Crippen molar-refractivity contribution in [1.82, 2.24) is 5.32 Å². The molecule has 0 saturated heterocycles. The molecule has 1 amide bonds. The maximum atomic E-state index is 13.5. The van der Waals surface area contributed by atoms with Gasteiger partial charge in [0.15, 0.2) is 0 Å². The van der Waals surface area contributed by atoms with Gasteiger partial charge in [0.05, 0.1) is 5.56 Å². The molecule has 0 heterocycles. The Bertz CT molecular complexity index is 436. The zero-order chi connectivity index (χ0) is 14.6. The number of aromatic hydroxyl groups is 1. The van der Waals surface area contributed by atoms with Crippen LogP contribution in [0.4, 0.5) is 4.39 Å². The Kier molecular flexibility index (Phi) is 5.33. The van der Waals surface area contributed by atoms with Crippen molar-refractivity contribution in [2.75, 3.05) is 6.54 Å². The molecule has 4 heteroatoms. The lowest BCUT2D eigenvalue weighted by Crippen LogP contribution is -2.34. The molecule has 0 aliphatic rings. The molecule has 0 spiro atoms. The molecule has 19 heavy (non-hydrogen) atoms. The van der Waals surface area contributed by atoms with Crippen molar-refractivity contribution in [3.63, 3.8) is 0 Å². The molecule has 106 valence electrons. The molecule has 0 saturated carbocycles. The molecular weight excluding hydrogens is 245 g/mol. The molecule has 0 radical (unpaired) electrons. The first-order chi connectivity index (χ1) is 8.82. The molecule has 1 aromatic carbocycles. The van der Waals surface area contributed by atoms with Crippen molar-refractivity contribution in [2.24, 2.45) is 17.8 Å². The van der Waals surface area contributed by atoms with Crippen LogP contribution in [0.3, 0.4) is 0 Å². The second-order valence-electron chi connectivity index (χ2n) is 5.53. The van der Waals surface area contributed by atoms with Crippen LogP contribution < -0.4 is 5.32 Å². The first kappa shape index (κ1) is 15.5. The molecular formula is C15H22FNO2. The highest BCUT2D eigenvalue weighted by atomic mass is 19.1. The van der Waals surface area contributed by atoms with Crippen molar-refractivity contribution in [3.8, 4) is 5.75 Å². The van der Waals surface area contributed by atoms with Gasteiger partial charge in [0.25, 0.3) is 5.91 Å². The Balaban J connectivity index is 2.69. The molecule has 0 aliphatic heterocycles. The van der Waals surface area contributed by atoms with Crippen LogP contribution in [0.1, 0.15) is 38.1 Å². The monoisotopic (exact) mass is 267 g/mol. The number of rotatable bonds is 5. The molecule has 0 fully saturated rings. The van der Waals surface area contributed by atoms with Gasteiger partial charge in [-0.3, -0.25) is 4.79 Å². The van der Waals surface area contributed by atoms with Gasteiger partial charge in [-0.05, 0) is 29.9 Å². The van der Waals surface area contributed by atoms with Crippen LogP contribution in [0.5, 0.6) is 5.75 Å². The predicted octanol–water partition coefficient (Wildman–Crippen LogP) is 3.19. The van der Waals surface area contributed by atoms with Crippen molar-refractivity contribution in [1.29, 1.82) is 0 Å². The van der Waals surface area contributed by atoms with E-state index in [1.165, 1.54) is 12.1 Å². The summed E-state index contributed by atoms with van der Waals surface area (Å²) in [6.45, 7) is 8.96. The summed E-state index contributed by atoms with van der Waals surface area (Å²) in [5.74, 6) is -0.0812. The third-order valence-corrected chi connectivity index (χ3v) is 3.41. The van der Waals surface area contributed by atoms with E-state index >= 15 is 0 Å². The van der Waals surface area contributed by atoms with E-state index in [-0.39, 0.29) is 11.3 Å². The van der Waals surface area contributed by atoms with Gasteiger partial charge in [0.2, 0.25) is 0 Å². The van der Waals surface area contributed by atoms with Crippen LogP contribution in [0.25, 0.3) is 0 Å². The first-order valence-corrected chi connectivity index (χ1v) is 6.59. The Hall–Kier alpha value is -1.58. The third-order valence-electron chi connectivity index (χ3n) is 3.41. The lowest BCUT2D eigenvalue weighted by molar-refractivity contribution is 0.0933. The maximum Gasteiger partial charge on any atom is 0.254 e. The molecule has 1 aromatic rings. The van der Waals surface area contributed by atoms with E-state index < -0.39 is 11.7 Å². The van der Waals surface area contributed by atoms with E-state index in [0.717, 1.165) is 6.07 Å². The van der Waals surface area contributed by atoms with Crippen LogP contribution in [0.15, 0.2) is 18.2 Å². The van der Waals surface area contributed by atoms with Gasteiger partial charge in [0, 0.05) is 12.6 Å². The minimum absolute atomic E-state index is 0.0379. The van der Waals surface area contributed by atoms with Crippen LogP contribution >= 0.6 is 0 Å². The lowest BCUT2D eigenvalue weighted by Gasteiger charge is -2.25. The number of phenolic OH excluding ortho intramolecular Hbond substituents is 1. The molecule has 0 atom stereocenters. The van der Waals surface area contributed by atoms with E-state index in [0.29, 0.717) is 24.3 Å². The van der Waals surface area contributed by atoms with Crippen LogP contribution in [0.2, 0.25) is 0 Å². The number of hydrogen-bond donors (Lipinski definition) is 2. The van der Waals surface area contributed by atoms with Gasteiger partial charge in [0.1, 0.15) is 11.6 Å². The van der Waals surface area contributed by atoms with Crippen LogP contribution in [0, 0.1) is 23.6 Å². The van der Waals surface area contributed by atoms with Gasteiger partial charge in [-0.15, -0.1) is 0 Å². The second-order valence-corrected chi connectivity index (χ2v) is 5.53. The van der Waals surface area contributed by atoms with E-state index in [2.05, 4.69) is 33.0 Å². The Labute approximate surface area is 113 Å². The van der Waals surface area contributed by atoms with E-state index in [4.69, 9.17) is 5.11 Å². The zero-order valence-electron chi connectivity index (χ0n) is 11.9. The summed E-state index contributed by atoms with van der Waals surface area (Å²) in [4.78, 5) is 11.9. The molecule has 1 rings (SSSR count). The predicted molar refractivity (Wildman–Crippen MR) is 73.6 cm³/mol. The van der Waals surface area contributed by atoms with Crippen molar-refractivity contribution in [2.45, 2.75) is 27.7 Å². The summed E-state index contributed by atoms with van der Waals surface area (Å²) in [6.07, 6.45) is 0. The van der Waals surface area contributed by atoms with Crippen LogP contribution in [-0.2, 0) is 0 Å². The summed E-state index contributed by atoms with van der Waals surface area (Å²) in [5.41, 5.74) is -0.0379. The number of carbonyl (C=O) groups excluding carboxylic acids is 1. The van der Waals surface area contributed by atoms with E-state index in [1.54, 1.807) is 0 Å². The Morgan fingerprint density at radius 3 is 2.32 bits per heavy atom. The summed E-state index contributed by atoms with van der Waals surface area (Å²) in [7, 11) is 0. The number of halogens is 1. The van der Waals surface area contributed by atoms with E-state index in [1.807, 2.05) is 0 Å². The molecule has 0 unspecified atom stereocenters. The van der Waals surface area contributed by atoms with Gasteiger partial charge in [-0.1, -0.05) is 27.7 Å². The summed E-state index contributed by atoms with van der Waals surface area (Å²) in [5, 5.41) is 11.9. The number of benzene rings is 1. The van der Waals surface area contributed by atoms with Crippen molar-refractivity contribution < 1.29 is 14.3 Å². The van der Waals surface area contributed by atoms with Gasteiger partial charge < -0.3 is 10.4 Å². The van der Waals surface area contributed by atoms with E-state index in [9.17, 15) is 9.18 Å². The average Bonchev–Trinajstić information content (AvgIpc) is 2.27. The standard InChI is InChI=1S/C15H22FNO2/c1-9(2)13(10(3)4)8-17-15(19)12-6-5-11(18)7-14(12)16/h5-7,9-10,13,18H,8H2,1-4H3,(H,17,19). The second kappa shape index (κ2) is 6.55. The first-order valence-electron chi connectivity index (χ1n) is 6.59. The van der Waals surface area contributed by atoms with Crippen molar-refractivity contribution in [3.05, 3.63) is 29.6 Å². The van der Waals surface area contributed by atoms with Crippen molar-refractivity contribution >= 4 is 5.91 Å². The van der Waals surface area contributed by atoms with Gasteiger partial charge >= 0.3 is 0 Å². The summed E-state index contributed by atoms with van der Waals surface area (Å²) >= 11 is 0. The number of amides is 1. The fraction of sp³-hybridized carbons (Fsp3) is 0.533.